The van der Waals surface area contributed by atoms with Crippen LogP contribution in [0.15, 0.2) is 54.9 Å². The fourth-order valence-electron chi connectivity index (χ4n) is 4.42. The second-order valence-electron chi connectivity index (χ2n) is 9.02. The zero-order valence-electron chi connectivity index (χ0n) is 20.5. The molecule has 1 saturated heterocycles. The molecule has 0 unspecified atom stereocenters. The summed E-state index contributed by atoms with van der Waals surface area (Å²) < 4.78 is 94.0. The quantitative estimate of drug-likeness (QED) is 0.414. The number of benzene rings is 2. The minimum absolute atomic E-state index is 0.0809. The standard InChI is InChI=1S/C25H26F6N4O3/c1-16(17-12-19(24(26,27)28)14-20(13-17)25(29,30)31)38-21-23(2,18-6-4-3-5-7-18)35(9-11-37-21)22-32-15-34(33-22)8-10-36/h3-7,12-16,21,36H,8-11H2,1-2H3/t16-,21-,23+/m1/s1. The molecule has 1 aliphatic rings. The number of anilines is 1. The number of morpholine rings is 1. The van der Waals surface area contributed by atoms with Crippen molar-refractivity contribution in [2.45, 2.75) is 50.7 Å². The highest BCUT2D eigenvalue weighted by atomic mass is 19.4. The maximum atomic E-state index is 13.4. The van der Waals surface area contributed by atoms with Crippen LogP contribution in [-0.2, 0) is 33.9 Å². The zero-order chi connectivity index (χ0) is 27.7. The van der Waals surface area contributed by atoms with Crippen molar-refractivity contribution < 1.29 is 40.9 Å². The Labute approximate surface area is 214 Å². The molecule has 38 heavy (non-hydrogen) atoms. The first-order valence-corrected chi connectivity index (χ1v) is 11.7. The molecule has 1 fully saturated rings. The molecular weight excluding hydrogens is 518 g/mol. The molecule has 7 nitrogen and oxygen atoms in total. The second-order valence-corrected chi connectivity index (χ2v) is 9.02. The molecule has 3 aromatic rings. The molecule has 13 heteroatoms. The van der Waals surface area contributed by atoms with Crippen LogP contribution in [0.4, 0.5) is 32.3 Å². The van der Waals surface area contributed by atoms with Gasteiger partial charge in [-0.15, -0.1) is 5.10 Å². The normalized spacial score (nSPS) is 21.5. The Morgan fingerprint density at radius 1 is 1.08 bits per heavy atom. The van der Waals surface area contributed by atoms with Crippen molar-refractivity contribution in [2.24, 2.45) is 0 Å². The number of aliphatic hydroxyl groups excluding tert-OH is 1. The van der Waals surface area contributed by atoms with E-state index in [1.807, 2.05) is 4.90 Å². The van der Waals surface area contributed by atoms with Crippen molar-refractivity contribution in [3.63, 3.8) is 0 Å². The van der Waals surface area contributed by atoms with Gasteiger partial charge in [-0.2, -0.15) is 26.3 Å². The third-order valence-corrected chi connectivity index (χ3v) is 6.46. The summed E-state index contributed by atoms with van der Waals surface area (Å²) in [5, 5.41) is 13.6. The van der Waals surface area contributed by atoms with Crippen molar-refractivity contribution in [1.29, 1.82) is 0 Å². The monoisotopic (exact) mass is 544 g/mol. The van der Waals surface area contributed by atoms with Gasteiger partial charge in [0.25, 0.3) is 0 Å². The maximum Gasteiger partial charge on any atom is 0.416 e. The van der Waals surface area contributed by atoms with Crippen molar-refractivity contribution in [3.05, 3.63) is 77.1 Å². The van der Waals surface area contributed by atoms with Crippen LogP contribution < -0.4 is 4.90 Å². The van der Waals surface area contributed by atoms with Gasteiger partial charge in [-0.3, -0.25) is 0 Å². The molecule has 0 amide bonds. The van der Waals surface area contributed by atoms with Gasteiger partial charge in [0, 0.05) is 6.54 Å². The lowest BCUT2D eigenvalue weighted by atomic mass is 9.88. The third-order valence-electron chi connectivity index (χ3n) is 6.46. The zero-order valence-corrected chi connectivity index (χ0v) is 20.5. The van der Waals surface area contributed by atoms with E-state index >= 15 is 0 Å². The second kappa shape index (κ2) is 10.5. The van der Waals surface area contributed by atoms with E-state index in [2.05, 4.69) is 10.1 Å². The average Bonchev–Trinajstić information content (AvgIpc) is 3.33. The van der Waals surface area contributed by atoms with Gasteiger partial charge in [-0.05, 0) is 43.2 Å². The number of hydrogen-bond acceptors (Lipinski definition) is 6. The first-order chi connectivity index (χ1) is 17.8. The summed E-state index contributed by atoms with van der Waals surface area (Å²) in [4.78, 5) is 6.14. The lowest BCUT2D eigenvalue weighted by Crippen LogP contribution is -2.60. The molecule has 206 valence electrons. The van der Waals surface area contributed by atoms with Gasteiger partial charge < -0.3 is 19.5 Å². The van der Waals surface area contributed by atoms with Gasteiger partial charge in [-0.1, -0.05) is 30.3 Å². The lowest BCUT2D eigenvalue weighted by Gasteiger charge is -2.49. The highest BCUT2D eigenvalue weighted by Gasteiger charge is 2.48. The number of aliphatic hydroxyl groups is 1. The fourth-order valence-corrected chi connectivity index (χ4v) is 4.42. The Morgan fingerprint density at radius 3 is 2.29 bits per heavy atom. The predicted molar refractivity (Wildman–Crippen MR) is 124 cm³/mol. The predicted octanol–water partition coefficient (Wildman–Crippen LogP) is 5.16. The van der Waals surface area contributed by atoms with Crippen LogP contribution in [0, 0.1) is 0 Å². The number of halogens is 6. The first-order valence-electron chi connectivity index (χ1n) is 11.7. The summed E-state index contributed by atoms with van der Waals surface area (Å²) in [5.41, 5.74) is -3.56. The van der Waals surface area contributed by atoms with E-state index in [-0.39, 0.29) is 31.4 Å². The van der Waals surface area contributed by atoms with Crippen LogP contribution >= 0.6 is 0 Å². The van der Waals surface area contributed by atoms with Gasteiger partial charge >= 0.3 is 12.4 Å². The molecule has 2 heterocycles. The van der Waals surface area contributed by atoms with Crippen LogP contribution in [0.25, 0.3) is 0 Å². The lowest BCUT2D eigenvalue weighted by molar-refractivity contribution is -0.217. The largest absolute Gasteiger partial charge is 0.416 e. The van der Waals surface area contributed by atoms with Crippen LogP contribution in [0.5, 0.6) is 0 Å². The van der Waals surface area contributed by atoms with Crippen LogP contribution in [0.1, 0.15) is 42.2 Å². The number of nitrogens with zero attached hydrogens (tertiary/aromatic N) is 4. The Bertz CT molecular complexity index is 1200. The van der Waals surface area contributed by atoms with Gasteiger partial charge in [0.2, 0.25) is 5.95 Å². The minimum Gasteiger partial charge on any atom is -0.394 e. The maximum absolute atomic E-state index is 13.4. The van der Waals surface area contributed by atoms with Gasteiger partial charge in [0.05, 0.1) is 37.0 Å². The molecule has 0 radical (unpaired) electrons. The molecule has 1 aliphatic heterocycles. The van der Waals surface area contributed by atoms with Crippen molar-refractivity contribution in [1.82, 2.24) is 14.8 Å². The Kier molecular flexibility index (Phi) is 7.73. The molecule has 0 spiro atoms. The number of ether oxygens (including phenoxy) is 2. The summed E-state index contributed by atoms with van der Waals surface area (Å²) in [6.45, 7) is 3.67. The number of rotatable bonds is 7. The molecule has 2 aromatic carbocycles. The Hall–Kier alpha value is -3.16. The van der Waals surface area contributed by atoms with Gasteiger partial charge in [0.15, 0.2) is 6.29 Å². The third kappa shape index (κ3) is 5.64. The summed E-state index contributed by atoms with van der Waals surface area (Å²) in [6.07, 6.45) is -10.8. The highest BCUT2D eigenvalue weighted by molar-refractivity contribution is 5.42. The molecule has 0 bridgehead atoms. The molecule has 0 saturated carbocycles. The molecule has 0 aliphatic carbocycles. The SMILES string of the molecule is C[C@@H](O[C@H]1OCCN(c2ncn(CCO)n2)[C@@]1(C)c1ccccc1)c1cc(C(F)(F)F)cc(C(F)(F)F)c1. The van der Waals surface area contributed by atoms with E-state index in [0.29, 0.717) is 30.2 Å². The number of alkyl halides is 6. The summed E-state index contributed by atoms with van der Waals surface area (Å²) in [6, 6.07) is 10.4. The van der Waals surface area contributed by atoms with E-state index in [9.17, 15) is 31.4 Å². The first kappa shape index (κ1) is 27.9. The smallest absolute Gasteiger partial charge is 0.394 e. The minimum atomic E-state index is -4.98. The highest BCUT2D eigenvalue weighted by Crippen LogP contribution is 2.42. The molecule has 1 aromatic heterocycles. The van der Waals surface area contributed by atoms with Crippen molar-refractivity contribution in [2.75, 3.05) is 24.7 Å². The Morgan fingerprint density at radius 2 is 1.71 bits per heavy atom. The van der Waals surface area contributed by atoms with E-state index < -0.39 is 41.4 Å². The molecular formula is C25H26F6N4O3. The van der Waals surface area contributed by atoms with Gasteiger partial charge in [-0.25, -0.2) is 9.67 Å². The number of aromatic nitrogens is 3. The van der Waals surface area contributed by atoms with Crippen LogP contribution in [0.3, 0.4) is 0 Å². The molecule has 1 N–H and O–H groups in total. The van der Waals surface area contributed by atoms with E-state index in [1.165, 1.54) is 17.9 Å². The van der Waals surface area contributed by atoms with E-state index in [1.54, 1.807) is 37.3 Å². The average molecular weight is 544 g/mol. The number of hydrogen-bond donors (Lipinski definition) is 1. The van der Waals surface area contributed by atoms with E-state index in [0.717, 1.165) is 0 Å². The molecule has 3 atom stereocenters. The van der Waals surface area contributed by atoms with Gasteiger partial charge in [0.1, 0.15) is 11.9 Å². The van der Waals surface area contributed by atoms with Crippen molar-refractivity contribution >= 4 is 5.95 Å². The summed E-state index contributed by atoms with van der Waals surface area (Å²) in [5.74, 6) is 0.299. The van der Waals surface area contributed by atoms with E-state index in [4.69, 9.17) is 9.47 Å². The fraction of sp³-hybridized carbons (Fsp3) is 0.440. The summed E-state index contributed by atoms with van der Waals surface area (Å²) in [7, 11) is 0. The molecule has 4 rings (SSSR count). The van der Waals surface area contributed by atoms with Crippen LogP contribution in [-0.4, -0.2) is 45.9 Å². The van der Waals surface area contributed by atoms with Crippen molar-refractivity contribution in [3.8, 4) is 0 Å². The Balaban J connectivity index is 1.73. The topological polar surface area (TPSA) is 72.6 Å². The van der Waals surface area contributed by atoms with Crippen LogP contribution in [0.2, 0.25) is 0 Å². The summed E-state index contributed by atoms with van der Waals surface area (Å²) >= 11 is 0.